The number of benzene rings is 4. The van der Waals surface area contributed by atoms with Gasteiger partial charge in [-0.1, -0.05) is 54.6 Å². The number of hydrogen-bond donors (Lipinski definition) is 3. The molecule has 0 fully saturated rings. The largest absolute Gasteiger partial charge is 0.506 e. The van der Waals surface area contributed by atoms with Crippen LogP contribution in [0.4, 0.5) is 11.4 Å². The molecule has 0 spiro atoms. The molecule has 0 unspecified atom stereocenters. The summed E-state index contributed by atoms with van der Waals surface area (Å²) in [5.41, 5.74) is 2.01. The molecule has 0 aliphatic heterocycles. The van der Waals surface area contributed by atoms with E-state index in [1.165, 1.54) is 16.8 Å². The van der Waals surface area contributed by atoms with E-state index >= 15 is 0 Å². The predicted octanol–water partition coefficient (Wildman–Crippen LogP) is 5.99. The van der Waals surface area contributed by atoms with Gasteiger partial charge in [-0.15, -0.1) is 10.2 Å². The molecule has 4 aromatic carbocycles. The van der Waals surface area contributed by atoms with E-state index in [1.807, 2.05) is 30.3 Å². The van der Waals surface area contributed by atoms with Gasteiger partial charge in [-0.3, -0.25) is 4.55 Å². The zero-order chi connectivity index (χ0) is 26.9. The number of hydrogen-bond acceptors (Lipinski definition) is 8. The lowest BCUT2D eigenvalue weighted by Crippen LogP contribution is -1.99. The average Bonchev–Trinajstić information content (AvgIpc) is 3.19. The third-order valence-electron chi connectivity index (χ3n) is 5.82. The van der Waals surface area contributed by atoms with E-state index in [-0.39, 0.29) is 28.0 Å². The highest BCUT2D eigenvalue weighted by Gasteiger charge is 2.20. The van der Waals surface area contributed by atoms with Gasteiger partial charge in [0.1, 0.15) is 28.7 Å². The Bertz CT molecular complexity index is 1770. The van der Waals surface area contributed by atoms with E-state index in [0.717, 1.165) is 11.6 Å². The topological polar surface area (TPSA) is 147 Å². The average molecular weight is 531 g/mol. The zero-order valence-electron chi connectivity index (χ0n) is 20.1. The van der Waals surface area contributed by atoms with Crippen LogP contribution < -0.4 is 4.74 Å². The van der Waals surface area contributed by atoms with Crippen LogP contribution in [-0.2, 0) is 16.7 Å². The lowest BCUT2D eigenvalue weighted by atomic mass is 10.1. The van der Waals surface area contributed by atoms with Gasteiger partial charge in [0, 0.05) is 16.8 Å². The van der Waals surface area contributed by atoms with Crippen molar-refractivity contribution in [3.8, 4) is 23.1 Å². The first-order valence-electron chi connectivity index (χ1n) is 11.4. The Morgan fingerprint density at radius 3 is 2.18 bits per heavy atom. The maximum Gasteiger partial charge on any atom is 0.295 e. The Hall–Kier alpha value is -4.74. The molecule has 5 rings (SSSR count). The molecule has 192 valence electrons. The molecule has 0 atom stereocenters. The number of rotatable bonds is 7. The minimum atomic E-state index is -4.59. The number of phenols is 1. The smallest absolute Gasteiger partial charge is 0.295 e. The molecule has 0 aliphatic carbocycles. The van der Waals surface area contributed by atoms with Gasteiger partial charge in [-0.25, -0.2) is 0 Å². The molecule has 5 aromatic rings. The van der Waals surface area contributed by atoms with Crippen LogP contribution >= 0.6 is 0 Å². The van der Waals surface area contributed by atoms with Gasteiger partial charge in [0.15, 0.2) is 5.69 Å². The Morgan fingerprint density at radius 2 is 1.50 bits per heavy atom. The van der Waals surface area contributed by atoms with Gasteiger partial charge in [-0.2, -0.15) is 18.2 Å². The summed E-state index contributed by atoms with van der Waals surface area (Å²) in [6.07, 6.45) is 0. The fourth-order valence-corrected chi connectivity index (χ4v) is 4.68. The molecule has 0 saturated heterocycles. The second-order valence-corrected chi connectivity index (χ2v) is 9.79. The lowest BCUT2D eigenvalue weighted by Gasteiger charge is -2.08. The van der Waals surface area contributed by atoms with Crippen LogP contribution in [0.2, 0.25) is 0 Å². The van der Waals surface area contributed by atoms with Gasteiger partial charge in [0.05, 0.1) is 11.4 Å². The van der Waals surface area contributed by atoms with Crippen LogP contribution in [0.3, 0.4) is 0 Å². The highest BCUT2D eigenvalue weighted by atomic mass is 32.2. The Morgan fingerprint density at radius 1 is 0.868 bits per heavy atom. The molecular formula is C27H22N4O6S. The first-order valence-corrected chi connectivity index (χ1v) is 12.9. The highest BCUT2D eigenvalue weighted by Crippen LogP contribution is 2.41. The molecule has 1 heterocycles. The first-order chi connectivity index (χ1) is 18.2. The summed E-state index contributed by atoms with van der Waals surface area (Å²) in [7, 11) is -4.59. The fraction of sp³-hybridized carbons (Fsp3) is 0.0741. The molecule has 0 radical (unpaired) electrons. The second kappa shape index (κ2) is 9.96. The summed E-state index contributed by atoms with van der Waals surface area (Å²) in [4.78, 5) is -0.451. The molecule has 38 heavy (non-hydrogen) atoms. The number of fused-ring (bicyclic) bond motifs is 1. The lowest BCUT2D eigenvalue weighted by molar-refractivity contribution is 0.306. The fourth-order valence-electron chi connectivity index (χ4n) is 3.96. The summed E-state index contributed by atoms with van der Waals surface area (Å²) < 4.78 is 40.2. The Labute approximate surface area is 217 Å². The summed E-state index contributed by atoms with van der Waals surface area (Å²) in [6, 6.07) is 23.9. The van der Waals surface area contributed by atoms with Gasteiger partial charge >= 0.3 is 0 Å². The van der Waals surface area contributed by atoms with Crippen LogP contribution in [0.15, 0.2) is 100 Å². The third-order valence-corrected chi connectivity index (χ3v) is 6.71. The number of aryl methyl sites for hydroxylation is 1. The van der Waals surface area contributed by atoms with Crippen molar-refractivity contribution >= 4 is 32.3 Å². The first kappa shape index (κ1) is 24.9. The van der Waals surface area contributed by atoms with Crippen molar-refractivity contribution in [1.29, 1.82) is 0 Å². The molecule has 1 aromatic heterocycles. The molecule has 0 amide bonds. The van der Waals surface area contributed by atoms with Crippen molar-refractivity contribution in [2.75, 3.05) is 0 Å². The molecular weight excluding hydrogens is 508 g/mol. The van der Waals surface area contributed by atoms with E-state index in [0.29, 0.717) is 23.7 Å². The molecule has 3 N–H and O–H groups in total. The van der Waals surface area contributed by atoms with Crippen LogP contribution in [0.5, 0.6) is 17.4 Å². The third kappa shape index (κ3) is 4.92. The number of phenolic OH excluding ortho intramolecular Hbond substituents is 1. The van der Waals surface area contributed by atoms with Gasteiger partial charge in [0.25, 0.3) is 10.1 Å². The monoisotopic (exact) mass is 530 g/mol. The van der Waals surface area contributed by atoms with Crippen LogP contribution in [0.1, 0.15) is 11.3 Å². The number of aromatic hydroxyl groups is 2. The van der Waals surface area contributed by atoms with Crippen molar-refractivity contribution in [3.63, 3.8) is 0 Å². The Kier molecular flexibility index (Phi) is 6.53. The van der Waals surface area contributed by atoms with Crippen molar-refractivity contribution in [2.24, 2.45) is 10.2 Å². The molecule has 0 saturated carbocycles. The Balaban J connectivity index is 1.43. The number of aromatic nitrogens is 2. The van der Waals surface area contributed by atoms with Gasteiger partial charge < -0.3 is 14.9 Å². The maximum absolute atomic E-state index is 11.8. The minimum Gasteiger partial charge on any atom is -0.506 e. The standard InChI is InChI=1S/C27H22N4O6S/c1-17-25(28-29-26-22-10-6-5-9-21(22)24(15-23(26)32)38(34,35)36)27(33)31(30-17)19-11-13-20(14-12-19)37-16-18-7-3-2-4-8-18/h2-15,32-33H,16H2,1H3,(H,34,35,36). The summed E-state index contributed by atoms with van der Waals surface area (Å²) in [5, 5.41) is 34.2. The van der Waals surface area contributed by atoms with E-state index in [2.05, 4.69) is 15.3 Å². The second-order valence-electron chi connectivity index (χ2n) is 8.40. The predicted molar refractivity (Wildman–Crippen MR) is 140 cm³/mol. The maximum atomic E-state index is 11.8. The van der Waals surface area contributed by atoms with Crippen molar-refractivity contribution in [1.82, 2.24) is 9.78 Å². The van der Waals surface area contributed by atoms with Crippen molar-refractivity contribution in [2.45, 2.75) is 18.4 Å². The molecule has 10 nitrogen and oxygen atoms in total. The number of azo groups is 1. The number of nitrogens with zero attached hydrogens (tertiary/aromatic N) is 4. The van der Waals surface area contributed by atoms with Crippen molar-refractivity contribution in [3.05, 3.63) is 96.2 Å². The SMILES string of the molecule is Cc1nn(-c2ccc(OCc3ccccc3)cc2)c(O)c1N=Nc1c(O)cc(S(=O)(=O)O)c2ccccc12. The van der Waals surface area contributed by atoms with Gasteiger partial charge in [0.2, 0.25) is 5.88 Å². The van der Waals surface area contributed by atoms with Gasteiger partial charge in [-0.05, 0) is 36.8 Å². The van der Waals surface area contributed by atoms with E-state index in [1.54, 1.807) is 43.3 Å². The summed E-state index contributed by atoms with van der Waals surface area (Å²) >= 11 is 0. The van der Waals surface area contributed by atoms with Crippen molar-refractivity contribution < 1.29 is 27.9 Å². The normalized spacial score (nSPS) is 11.8. The quantitative estimate of drug-likeness (QED) is 0.173. The molecule has 0 bridgehead atoms. The van der Waals surface area contributed by atoms with E-state index in [4.69, 9.17) is 4.74 Å². The summed E-state index contributed by atoms with van der Waals surface area (Å²) in [6.45, 7) is 2.06. The van der Waals surface area contributed by atoms with E-state index < -0.39 is 20.8 Å². The summed E-state index contributed by atoms with van der Waals surface area (Å²) in [5.74, 6) is -0.130. The highest BCUT2D eigenvalue weighted by molar-refractivity contribution is 7.86. The molecule has 11 heteroatoms. The van der Waals surface area contributed by atoms with Crippen LogP contribution in [0.25, 0.3) is 16.5 Å². The van der Waals surface area contributed by atoms with Crippen LogP contribution in [-0.4, -0.2) is 33.0 Å². The minimum absolute atomic E-state index is 0.0283. The number of ether oxygens (including phenoxy) is 1. The van der Waals surface area contributed by atoms with E-state index in [9.17, 15) is 23.2 Å². The molecule has 0 aliphatic rings. The van der Waals surface area contributed by atoms with Crippen LogP contribution in [0, 0.1) is 6.92 Å². The zero-order valence-corrected chi connectivity index (χ0v) is 20.9.